The molecule has 2 amide bonds. The molecule has 0 aromatic heterocycles. The Bertz CT molecular complexity index is 806. The van der Waals surface area contributed by atoms with Crippen LogP contribution in [0.25, 0.3) is 0 Å². The van der Waals surface area contributed by atoms with E-state index in [0.29, 0.717) is 12.5 Å². The molecule has 6 nitrogen and oxygen atoms in total. The van der Waals surface area contributed by atoms with Crippen LogP contribution in [-0.2, 0) is 4.74 Å². The number of benzene rings is 2. The van der Waals surface area contributed by atoms with E-state index in [1.54, 1.807) is 0 Å². The Morgan fingerprint density at radius 3 is 2.30 bits per heavy atom. The van der Waals surface area contributed by atoms with Gasteiger partial charge in [-0.2, -0.15) is 0 Å². The Morgan fingerprint density at radius 2 is 1.78 bits per heavy atom. The Hall–Kier alpha value is -2.29. The molecular weight excluding hydrogens is 455 g/mol. The number of carbonyl (C=O) groups excluding carboxylic acids is 1. The van der Waals surface area contributed by atoms with Crippen LogP contribution >= 0.6 is 22.6 Å². The Kier molecular flexibility index (Phi) is 6.54. The van der Waals surface area contributed by atoms with Crippen LogP contribution in [0.3, 0.4) is 0 Å². The van der Waals surface area contributed by atoms with Gasteiger partial charge in [0.15, 0.2) is 0 Å². The summed E-state index contributed by atoms with van der Waals surface area (Å²) in [6.07, 6.45) is 1.91. The molecule has 2 atom stereocenters. The molecule has 2 aromatic rings. The number of amides is 2. The molecule has 0 radical (unpaired) electrons. The van der Waals surface area contributed by atoms with Crippen LogP contribution < -0.4 is 16.4 Å². The largest absolute Gasteiger partial charge is 0.463 e. The molecule has 0 fully saturated rings. The maximum Gasteiger partial charge on any atom is 0.323 e. The zero-order valence-corrected chi connectivity index (χ0v) is 17.3. The number of nitrogens with zero attached hydrogens (tertiary/aromatic N) is 1. The smallest absolute Gasteiger partial charge is 0.323 e. The lowest BCUT2D eigenvalue weighted by Gasteiger charge is -2.18. The average Bonchev–Trinajstić information content (AvgIpc) is 3.07. The van der Waals surface area contributed by atoms with E-state index in [4.69, 9.17) is 10.5 Å². The Labute approximate surface area is 172 Å². The fourth-order valence-corrected chi connectivity index (χ4v) is 3.45. The first-order valence-electron chi connectivity index (χ1n) is 8.93. The summed E-state index contributed by atoms with van der Waals surface area (Å²) in [5.74, 6) is 0.378. The number of carbonyl (C=O) groups is 1. The second-order valence-corrected chi connectivity index (χ2v) is 7.73. The lowest BCUT2D eigenvalue weighted by molar-refractivity contribution is 0.262. The number of hydrogen-bond donors (Lipinski definition) is 3. The highest BCUT2D eigenvalue weighted by atomic mass is 127. The van der Waals surface area contributed by atoms with Crippen molar-refractivity contribution in [2.75, 3.05) is 17.2 Å². The van der Waals surface area contributed by atoms with Crippen LogP contribution in [0.2, 0.25) is 0 Å². The quantitative estimate of drug-likeness (QED) is 0.533. The summed E-state index contributed by atoms with van der Waals surface area (Å²) in [5, 5.41) is 5.68. The summed E-state index contributed by atoms with van der Waals surface area (Å²) < 4.78 is 6.36. The molecule has 0 unspecified atom stereocenters. The van der Waals surface area contributed by atoms with Crippen molar-refractivity contribution < 1.29 is 9.53 Å². The van der Waals surface area contributed by atoms with Gasteiger partial charge in [-0.15, -0.1) is 0 Å². The lowest BCUT2D eigenvalue weighted by atomic mass is 9.90. The SMILES string of the molecule is CC[C@@H](C[C@H]1COC(N)=N1)c1ccc(NC(=O)Nc2ccc(I)cc2)cc1. The molecule has 0 spiro atoms. The molecule has 27 heavy (non-hydrogen) atoms. The predicted octanol–water partition coefficient (Wildman–Crippen LogP) is 4.53. The van der Waals surface area contributed by atoms with E-state index in [9.17, 15) is 4.79 Å². The van der Waals surface area contributed by atoms with Gasteiger partial charge in [-0.1, -0.05) is 19.1 Å². The van der Waals surface area contributed by atoms with Crippen molar-refractivity contribution in [3.63, 3.8) is 0 Å². The van der Waals surface area contributed by atoms with Gasteiger partial charge in [-0.05, 0) is 83.3 Å². The van der Waals surface area contributed by atoms with Gasteiger partial charge >= 0.3 is 6.03 Å². The van der Waals surface area contributed by atoms with Gasteiger partial charge in [-0.3, -0.25) is 0 Å². The molecule has 0 bridgehead atoms. The fraction of sp³-hybridized carbons (Fsp3) is 0.300. The molecule has 1 aliphatic rings. The number of hydrogen-bond acceptors (Lipinski definition) is 4. The van der Waals surface area contributed by atoms with Gasteiger partial charge in [0.25, 0.3) is 6.02 Å². The number of amidine groups is 1. The monoisotopic (exact) mass is 478 g/mol. The summed E-state index contributed by atoms with van der Waals surface area (Å²) in [6, 6.07) is 15.7. The van der Waals surface area contributed by atoms with Crippen molar-refractivity contribution in [2.24, 2.45) is 10.7 Å². The first-order chi connectivity index (χ1) is 13.0. The molecule has 3 rings (SSSR count). The van der Waals surface area contributed by atoms with E-state index in [-0.39, 0.29) is 18.1 Å². The number of anilines is 2. The molecule has 0 saturated carbocycles. The predicted molar refractivity (Wildman–Crippen MR) is 117 cm³/mol. The van der Waals surface area contributed by atoms with Gasteiger partial charge < -0.3 is 21.1 Å². The highest BCUT2D eigenvalue weighted by Crippen LogP contribution is 2.28. The van der Waals surface area contributed by atoms with Crippen molar-refractivity contribution in [3.05, 3.63) is 57.7 Å². The number of halogens is 1. The highest BCUT2D eigenvalue weighted by molar-refractivity contribution is 14.1. The third kappa shape index (κ3) is 5.59. The molecule has 1 heterocycles. The van der Waals surface area contributed by atoms with Gasteiger partial charge in [0.1, 0.15) is 6.61 Å². The van der Waals surface area contributed by atoms with Crippen LogP contribution in [0.1, 0.15) is 31.2 Å². The zero-order valence-electron chi connectivity index (χ0n) is 15.1. The van der Waals surface area contributed by atoms with Crippen molar-refractivity contribution in [1.82, 2.24) is 0 Å². The number of urea groups is 1. The number of ether oxygens (including phenoxy) is 1. The number of nitrogens with one attached hydrogen (secondary N) is 2. The minimum atomic E-state index is -0.260. The van der Waals surface area contributed by atoms with Crippen LogP contribution in [0.15, 0.2) is 53.5 Å². The maximum atomic E-state index is 12.1. The minimum Gasteiger partial charge on any atom is -0.463 e. The maximum absolute atomic E-state index is 12.1. The van der Waals surface area contributed by atoms with Gasteiger partial charge in [0, 0.05) is 14.9 Å². The second kappa shape index (κ2) is 9.07. The van der Waals surface area contributed by atoms with Crippen molar-refractivity contribution >= 4 is 46.0 Å². The lowest BCUT2D eigenvalue weighted by Crippen LogP contribution is -2.19. The first kappa shape index (κ1) is 19.5. The van der Waals surface area contributed by atoms with Gasteiger partial charge in [-0.25, -0.2) is 9.79 Å². The highest BCUT2D eigenvalue weighted by Gasteiger charge is 2.21. The Morgan fingerprint density at radius 1 is 1.19 bits per heavy atom. The van der Waals surface area contributed by atoms with E-state index in [0.717, 1.165) is 27.8 Å². The van der Waals surface area contributed by atoms with Crippen LogP contribution in [0.4, 0.5) is 16.2 Å². The third-order valence-electron chi connectivity index (χ3n) is 4.52. The molecule has 0 aliphatic carbocycles. The van der Waals surface area contributed by atoms with E-state index in [1.807, 2.05) is 36.4 Å². The number of aliphatic imine (C=N–C) groups is 1. The minimum absolute atomic E-state index is 0.118. The molecule has 4 N–H and O–H groups in total. The summed E-state index contributed by atoms with van der Waals surface area (Å²) in [5.41, 5.74) is 8.33. The summed E-state index contributed by atoms with van der Waals surface area (Å²) in [6.45, 7) is 2.72. The normalized spacial score (nSPS) is 17.0. The summed E-state index contributed by atoms with van der Waals surface area (Å²) in [7, 11) is 0. The standard InChI is InChI=1S/C20H23IN4O2/c1-2-13(11-18-12-27-19(22)23-18)14-3-7-16(8-4-14)24-20(26)25-17-9-5-15(21)6-10-17/h3-10,13,18H,2,11-12H2,1H3,(H2,22,23)(H2,24,25,26)/t13-,18-/m0/s1. The topological polar surface area (TPSA) is 88.7 Å². The summed E-state index contributed by atoms with van der Waals surface area (Å²) in [4.78, 5) is 16.4. The molecular formula is C20H23IN4O2. The van der Waals surface area contributed by atoms with Crippen molar-refractivity contribution in [2.45, 2.75) is 31.7 Å². The fourth-order valence-electron chi connectivity index (χ4n) is 3.09. The van der Waals surface area contributed by atoms with Crippen LogP contribution in [-0.4, -0.2) is 24.7 Å². The van der Waals surface area contributed by atoms with Gasteiger partial charge in [0.2, 0.25) is 0 Å². The van der Waals surface area contributed by atoms with Gasteiger partial charge in [0.05, 0.1) is 6.04 Å². The van der Waals surface area contributed by atoms with E-state index in [2.05, 4.69) is 57.3 Å². The first-order valence-corrected chi connectivity index (χ1v) is 10.0. The van der Waals surface area contributed by atoms with E-state index < -0.39 is 0 Å². The zero-order chi connectivity index (χ0) is 19.2. The Balaban J connectivity index is 1.57. The van der Waals surface area contributed by atoms with E-state index in [1.165, 1.54) is 5.56 Å². The third-order valence-corrected chi connectivity index (χ3v) is 5.24. The molecule has 2 aromatic carbocycles. The summed E-state index contributed by atoms with van der Waals surface area (Å²) >= 11 is 2.23. The van der Waals surface area contributed by atoms with Crippen LogP contribution in [0, 0.1) is 3.57 Å². The second-order valence-electron chi connectivity index (χ2n) is 6.48. The molecule has 1 aliphatic heterocycles. The van der Waals surface area contributed by atoms with Crippen LogP contribution in [0.5, 0.6) is 0 Å². The van der Waals surface area contributed by atoms with Crippen molar-refractivity contribution in [1.29, 1.82) is 0 Å². The number of nitrogens with two attached hydrogens (primary N) is 1. The van der Waals surface area contributed by atoms with E-state index >= 15 is 0 Å². The molecule has 142 valence electrons. The number of rotatable bonds is 6. The molecule has 0 saturated heterocycles. The average molecular weight is 478 g/mol. The van der Waals surface area contributed by atoms with Crippen molar-refractivity contribution in [3.8, 4) is 0 Å². The molecule has 7 heteroatoms.